The minimum absolute atomic E-state index is 0.0728. The Balaban J connectivity index is 1.95. The van der Waals surface area contributed by atoms with Crippen molar-refractivity contribution in [2.45, 2.75) is 25.8 Å². The number of benzene rings is 2. The number of rotatable bonds is 10. The van der Waals surface area contributed by atoms with Crippen LogP contribution in [0.2, 0.25) is 0 Å². The summed E-state index contributed by atoms with van der Waals surface area (Å²) in [5.41, 5.74) is 2.51. The quantitative estimate of drug-likeness (QED) is 0.552. The zero-order chi connectivity index (χ0) is 23.8. The van der Waals surface area contributed by atoms with Crippen LogP contribution in [0.3, 0.4) is 0 Å². The van der Waals surface area contributed by atoms with Crippen molar-refractivity contribution < 1.29 is 23.8 Å². The molecule has 0 N–H and O–H groups in total. The average Bonchev–Trinajstić information content (AvgIpc) is 3.31. The first-order valence-electron chi connectivity index (χ1n) is 11.0. The van der Waals surface area contributed by atoms with Crippen LogP contribution in [0.5, 0.6) is 11.5 Å². The number of nitrogens with zero attached hydrogens (tertiary/aromatic N) is 3. The highest BCUT2D eigenvalue weighted by Gasteiger charge is 2.35. The molecule has 33 heavy (non-hydrogen) atoms. The number of methoxy groups -OCH3 is 3. The van der Waals surface area contributed by atoms with E-state index >= 15 is 0 Å². The molecule has 0 saturated carbocycles. The van der Waals surface area contributed by atoms with Crippen molar-refractivity contribution >= 4 is 17.5 Å². The van der Waals surface area contributed by atoms with Gasteiger partial charge in [-0.25, -0.2) is 5.01 Å². The Hall–Kier alpha value is -3.39. The summed E-state index contributed by atoms with van der Waals surface area (Å²) in [5.74, 6) is 1.03. The average molecular weight is 454 g/mol. The highest BCUT2D eigenvalue weighted by molar-refractivity contribution is 6.03. The fourth-order valence-corrected chi connectivity index (χ4v) is 3.85. The molecule has 1 aliphatic heterocycles. The third kappa shape index (κ3) is 5.70. The molecule has 0 unspecified atom stereocenters. The van der Waals surface area contributed by atoms with Gasteiger partial charge in [-0.2, -0.15) is 5.10 Å². The van der Waals surface area contributed by atoms with E-state index in [4.69, 9.17) is 19.3 Å². The van der Waals surface area contributed by atoms with Gasteiger partial charge in [-0.1, -0.05) is 37.3 Å². The fourth-order valence-electron chi connectivity index (χ4n) is 3.85. The largest absolute Gasteiger partial charge is 0.497 e. The predicted octanol–water partition coefficient (Wildman–Crippen LogP) is 3.27. The van der Waals surface area contributed by atoms with Gasteiger partial charge in [0.1, 0.15) is 18.0 Å². The van der Waals surface area contributed by atoms with Crippen LogP contribution < -0.4 is 9.47 Å². The number of ether oxygens (including phenoxy) is 3. The standard InChI is InChI=1S/C25H31N3O5/c1-5-24(29)27(13-14-31-2)17-25(30)28-22(20-11-6-7-12-23(20)33-4)16-21(26-28)18-9-8-10-19(15-18)32-3/h6-12,15,22H,5,13-14,16-17H2,1-4H3/t22-/m1/s1. The molecule has 0 radical (unpaired) electrons. The maximum Gasteiger partial charge on any atom is 0.262 e. The molecule has 2 aromatic rings. The van der Waals surface area contributed by atoms with E-state index in [0.717, 1.165) is 16.8 Å². The van der Waals surface area contributed by atoms with E-state index in [1.54, 1.807) is 28.3 Å². The molecule has 3 rings (SSSR count). The Kier molecular flexibility index (Phi) is 8.43. The van der Waals surface area contributed by atoms with Gasteiger partial charge in [-0.3, -0.25) is 9.59 Å². The van der Waals surface area contributed by atoms with Crippen molar-refractivity contribution in [1.29, 1.82) is 0 Å². The SMILES string of the molecule is CCC(=O)N(CCOC)CC(=O)N1N=C(c2cccc(OC)c2)C[C@@H]1c1ccccc1OC. The van der Waals surface area contributed by atoms with Crippen LogP contribution in [0, 0.1) is 0 Å². The summed E-state index contributed by atoms with van der Waals surface area (Å²) >= 11 is 0. The zero-order valence-corrected chi connectivity index (χ0v) is 19.6. The van der Waals surface area contributed by atoms with Crippen molar-refractivity contribution in [3.8, 4) is 11.5 Å². The van der Waals surface area contributed by atoms with Gasteiger partial charge in [-0.05, 0) is 18.2 Å². The number of carbonyl (C=O) groups is 2. The molecule has 0 aliphatic carbocycles. The Labute approximate surface area is 194 Å². The van der Waals surface area contributed by atoms with Crippen molar-refractivity contribution in [2.24, 2.45) is 5.10 Å². The summed E-state index contributed by atoms with van der Waals surface area (Å²) in [5, 5.41) is 6.19. The highest BCUT2D eigenvalue weighted by atomic mass is 16.5. The van der Waals surface area contributed by atoms with Crippen molar-refractivity contribution in [2.75, 3.05) is 41.0 Å². The molecular formula is C25H31N3O5. The molecule has 1 aliphatic rings. The van der Waals surface area contributed by atoms with Crippen LogP contribution in [0.1, 0.15) is 36.9 Å². The van der Waals surface area contributed by atoms with E-state index < -0.39 is 0 Å². The lowest BCUT2D eigenvalue weighted by Crippen LogP contribution is -2.42. The number of hydrogen-bond donors (Lipinski definition) is 0. The minimum atomic E-state index is -0.351. The number of amides is 2. The van der Waals surface area contributed by atoms with Gasteiger partial charge in [0.2, 0.25) is 5.91 Å². The van der Waals surface area contributed by atoms with Crippen LogP contribution in [-0.2, 0) is 14.3 Å². The van der Waals surface area contributed by atoms with Crippen molar-refractivity contribution in [3.05, 3.63) is 59.7 Å². The van der Waals surface area contributed by atoms with Gasteiger partial charge in [0.25, 0.3) is 5.91 Å². The second-order valence-corrected chi connectivity index (χ2v) is 7.64. The number of hydrogen-bond acceptors (Lipinski definition) is 6. The van der Waals surface area contributed by atoms with Gasteiger partial charge >= 0.3 is 0 Å². The summed E-state index contributed by atoms with van der Waals surface area (Å²) in [7, 11) is 4.79. The van der Waals surface area contributed by atoms with Crippen LogP contribution >= 0.6 is 0 Å². The lowest BCUT2D eigenvalue weighted by molar-refractivity contribution is -0.141. The minimum Gasteiger partial charge on any atom is -0.497 e. The molecular weight excluding hydrogens is 422 g/mol. The molecule has 1 heterocycles. The van der Waals surface area contributed by atoms with Crippen LogP contribution in [0.15, 0.2) is 53.6 Å². The maximum atomic E-state index is 13.4. The summed E-state index contributed by atoms with van der Waals surface area (Å²) in [6.07, 6.45) is 0.824. The summed E-state index contributed by atoms with van der Waals surface area (Å²) in [4.78, 5) is 27.4. The smallest absolute Gasteiger partial charge is 0.262 e. The Morgan fingerprint density at radius 3 is 2.58 bits per heavy atom. The summed E-state index contributed by atoms with van der Waals surface area (Å²) in [6.45, 7) is 2.40. The second-order valence-electron chi connectivity index (χ2n) is 7.64. The van der Waals surface area contributed by atoms with Crippen LogP contribution in [0.25, 0.3) is 0 Å². The molecule has 0 fully saturated rings. The van der Waals surface area contributed by atoms with E-state index in [1.807, 2.05) is 48.5 Å². The summed E-state index contributed by atoms with van der Waals surface area (Å²) in [6, 6.07) is 14.9. The highest BCUT2D eigenvalue weighted by Crippen LogP contribution is 2.37. The van der Waals surface area contributed by atoms with E-state index in [-0.39, 0.29) is 24.4 Å². The molecule has 1 atom stereocenters. The molecule has 2 aromatic carbocycles. The first-order valence-corrected chi connectivity index (χ1v) is 11.0. The van der Waals surface area contributed by atoms with E-state index in [1.165, 1.54) is 9.91 Å². The Bertz CT molecular complexity index is 1010. The van der Waals surface area contributed by atoms with Gasteiger partial charge in [0, 0.05) is 37.6 Å². The second kappa shape index (κ2) is 11.5. The monoisotopic (exact) mass is 453 g/mol. The van der Waals surface area contributed by atoms with Crippen LogP contribution in [-0.4, -0.2) is 68.5 Å². The Morgan fingerprint density at radius 2 is 1.88 bits per heavy atom. The van der Waals surface area contributed by atoms with E-state index in [2.05, 4.69) is 0 Å². The predicted molar refractivity (Wildman–Crippen MR) is 125 cm³/mol. The normalized spacial score (nSPS) is 15.2. The molecule has 176 valence electrons. The number of carbonyl (C=O) groups excluding carboxylic acids is 2. The molecule has 0 saturated heterocycles. The molecule has 0 aromatic heterocycles. The molecule has 0 spiro atoms. The topological polar surface area (TPSA) is 80.7 Å². The lowest BCUT2D eigenvalue weighted by Gasteiger charge is -2.27. The number of para-hydroxylation sites is 1. The molecule has 8 nitrogen and oxygen atoms in total. The number of hydrazone groups is 1. The Morgan fingerprint density at radius 1 is 1.09 bits per heavy atom. The van der Waals surface area contributed by atoms with Gasteiger partial charge in [0.15, 0.2) is 0 Å². The first-order chi connectivity index (χ1) is 16.0. The molecule has 2 amide bonds. The maximum absolute atomic E-state index is 13.4. The van der Waals surface area contributed by atoms with Gasteiger partial charge in [-0.15, -0.1) is 0 Å². The van der Waals surface area contributed by atoms with Gasteiger partial charge in [0.05, 0.1) is 32.6 Å². The van der Waals surface area contributed by atoms with Crippen molar-refractivity contribution in [3.63, 3.8) is 0 Å². The fraction of sp³-hybridized carbons (Fsp3) is 0.400. The van der Waals surface area contributed by atoms with Gasteiger partial charge < -0.3 is 19.1 Å². The first kappa shape index (κ1) is 24.3. The van der Waals surface area contributed by atoms with E-state index in [0.29, 0.717) is 37.5 Å². The molecule has 0 bridgehead atoms. The van der Waals surface area contributed by atoms with E-state index in [9.17, 15) is 9.59 Å². The summed E-state index contributed by atoms with van der Waals surface area (Å²) < 4.78 is 16.0. The molecule has 8 heteroatoms. The third-order valence-corrected chi connectivity index (χ3v) is 5.61. The van der Waals surface area contributed by atoms with Crippen molar-refractivity contribution in [1.82, 2.24) is 9.91 Å². The third-order valence-electron chi connectivity index (χ3n) is 5.61. The lowest BCUT2D eigenvalue weighted by atomic mass is 9.97. The zero-order valence-electron chi connectivity index (χ0n) is 19.6. The van der Waals surface area contributed by atoms with Crippen LogP contribution in [0.4, 0.5) is 0 Å².